The Kier molecular flexibility index (Phi) is 4.65. The van der Waals surface area contributed by atoms with Crippen molar-refractivity contribution >= 4 is 11.9 Å². The van der Waals surface area contributed by atoms with Gasteiger partial charge in [-0.3, -0.25) is 4.79 Å². The zero-order chi connectivity index (χ0) is 15.2. The minimum absolute atomic E-state index is 0.194. The molecule has 1 fully saturated rings. The van der Waals surface area contributed by atoms with E-state index in [0.717, 1.165) is 19.4 Å². The number of carbonyl (C=O) groups excluding carboxylic acids is 1. The fraction of sp³-hybridized carbons (Fsp3) is 0.400. The first kappa shape index (κ1) is 14.5. The van der Waals surface area contributed by atoms with E-state index in [1.54, 1.807) is 30.7 Å². The Morgan fingerprint density at radius 3 is 3.14 bits per heavy atom. The van der Waals surface area contributed by atoms with Gasteiger partial charge in [-0.05, 0) is 31.0 Å². The number of rotatable bonds is 6. The van der Waals surface area contributed by atoms with E-state index in [-0.39, 0.29) is 12.0 Å². The van der Waals surface area contributed by atoms with Crippen molar-refractivity contribution in [2.45, 2.75) is 25.5 Å². The molecule has 2 N–H and O–H groups in total. The van der Waals surface area contributed by atoms with Crippen LogP contribution in [0.15, 0.2) is 35.1 Å². The number of hydrogen-bond acceptors (Lipinski definition) is 6. The largest absolute Gasteiger partial charge is 0.467 e. The molecular weight excluding hydrogens is 284 g/mol. The van der Waals surface area contributed by atoms with Gasteiger partial charge in [0.25, 0.3) is 5.91 Å². The van der Waals surface area contributed by atoms with Crippen LogP contribution in [0.3, 0.4) is 0 Å². The molecule has 1 aliphatic heterocycles. The lowest BCUT2D eigenvalue weighted by atomic mass is 10.2. The summed E-state index contributed by atoms with van der Waals surface area (Å²) in [5, 5.41) is 5.86. The van der Waals surface area contributed by atoms with E-state index < -0.39 is 0 Å². The van der Waals surface area contributed by atoms with Gasteiger partial charge >= 0.3 is 0 Å². The molecule has 1 aliphatic rings. The van der Waals surface area contributed by atoms with Crippen LogP contribution < -0.4 is 10.6 Å². The van der Waals surface area contributed by atoms with Gasteiger partial charge in [-0.2, -0.15) is 0 Å². The fourth-order valence-electron chi connectivity index (χ4n) is 2.25. The number of carbonyl (C=O) groups is 1. The number of furan rings is 1. The quantitative estimate of drug-likeness (QED) is 0.842. The van der Waals surface area contributed by atoms with Gasteiger partial charge in [-0.15, -0.1) is 0 Å². The lowest BCUT2D eigenvalue weighted by Crippen LogP contribution is -2.25. The zero-order valence-electron chi connectivity index (χ0n) is 12.1. The van der Waals surface area contributed by atoms with E-state index >= 15 is 0 Å². The molecule has 1 unspecified atom stereocenters. The van der Waals surface area contributed by atoms with Crippen LogP contribution >= 0.6 is 0 Å². The summed E-state index contributed by atoms with van der Waals surface area (Å²) in [7, 11) is 0. The molecule has 1 saturated heterocycles. The summed E-state index contributed by atoms with van der Waals surface area (Å²) in [6.07, 6.45) is 5.45. The van der Waals surface area contributed by atoms with Crippen molar-refractivity contribution in [3.63, 3.8) is 0 Å². The monoisotopic (exact) mass is 302 g/mol. The van der Waals surface area contributed by atoms with Gasteiger partial charge in [0, 0.05) is 19.3 Å². The zero-order valence-corrected chi connectivity index (χ0v) is 12.1. The van der Waals surface area contributed by atoms with E-state index in [9.17, 15) is 4.79 Å². The van der Waals surface area contributed by atoms with Crippen molar-refractivity contribution in [1.82, 2.24) is 15.3 Å². The molecule has 7 heteroatoms. The Balaban J connectivity index is 1.54. The summed E-state index contributed by atoms with van der Waals surface area (Å²) in [5.74, 6) is 0.860. The molecule has 7 nitrogen and oxygen atoms in total. The average molecular weight is 302 g/mol. The average Bonchev–Trinajstić information content (AvgIpc) is 3.24. The standard InChI is InChI=1S/C15H18N4O3/c20-14(17-9-11-3-1-7-21-11)13-5-6-16-15(19-13)18-10-12-4-2-8-22-12/h1,3,5-7,12H,2,4,8-10H2,(H,17,20)(H,16,18,19). The molecule has 0 bridgehead atoms. The van der Waals surface area contributed by atoms with E-state index in [0.29, 0.717) is 30.5 Å². The molecule has 1 amide bonds. The first-order valence-corrected chi connectivity index (χ1v) is 7.30. The second kappa shape index (κ2) is 7.04. The number of amides is 1. The third-order valence-corrected chi connectivity index (χ3v) is 3.40. The third-order valence-electron chi connectivity index (χ3n) is 3.40. The molecule has 0 radical (unpaired) electrons. The van der Waals surface area contributed by atoms with Crippen LogP contribution in [0.4, 0.5) is 5.95 Å². The molecule has 0 spiro atoms. The van der Waals surface area contributed by atoms with Crippen LogP contribution in [0.2, 0.25) is 0 Å². The first-order valence-electron chi connectivity index (χ1n) is 7.30. The molecule has 0 aromatic carbocycles. The second-order valence-electron chi connectivity index (χ2n) is 5.04. The van der Waals surface area contributed by atoms with Gasteiger partial charge in [0.1, 0.15) is 11.5 Å². The summed E-state index contributed by atoms with van der Waals surface area (Å²) >= 11 is 0. The number of nitrogens with zero attached hydrogens (tertiary/aromatic N) is 2. The number of hydrogen-bond donors (Lipinski definition) is 2. The van der Waals surface area contributed by atoms with E-state index in [1.165, 1.54) is 0 Å². The normalized spacial score (nSPS) is 17.4. The highest BCUT2D eigenvalue weighted by atomic mass is 16.5. The number of nitrogens with one attached hydrogen (secondary N) is 2. The summed E-state index contributed by atoms with van der Waals surface area (Å²) in [4.78, 5) is 20.4. The summed E-state index contributed by atoms with van der Waals surface area (Å²) in [5.41, 5.74) is 0.316. The maximum Gasteiger partial charge on any atom is 0.270 e. The minimum atomic E-state index is -0.265. The van der Waals surface area contributed by atoms with Gasteiger partial charge in [0.2, 0.25) is 5.95 Å². The molecule has 2 aromatic rings. The van der Waals surface area contributed by atoms with E-state index in [1.807, 2.05) is 0 Å². The highest BCUT2D eigenvalue weighted by Gasteiger charge is 2.16. The summed E-state index contributed by atoms with van der Waals surface area (Å²) < 4.78 is 10.7. The van der Waals surface area contributed by atoms with Crippen LogP contribution in [0, 0.1) is 0 Å². The molecule has 116 valence electrons. The van der Waals surface area contributed by atoms with Gasteiger partial charge in [0.15, 0.2) is 0 Å². The molecule has 3 rings (SSSR count). The Morgan fingerprint density at radius 2 is 2.36 bits per heavy atom. The second-order valence-corrected chi connectivity index (χ2v) is 5.04. The van der Waals surface area contributed by atoms with Crippen molar-refractivity contribution in [1.29, 1.82) is 0 Å². The maximum absolute atomic E-state index is 12.1. The van der Waals surface area contributed by atoms with E-state index in [4.69, 9.17) is 9.15 Å². The number of ether oxygens (including phenoxy) is 1. The SMILES string of the molecule is O=C(NCc1ccco1)c1ccnc(NCC2CCCO2)n1. The third kappa shape index (κ3) is 3.82. The van der Waals surface area contributed by atoms with Gasteiger partial charge in [0.05, 0.1) is 18.9 Å². The Hall–Kier alpha value is -2.41. The predicted molar refractivity (Wildman–Crippen MR) is 79.4 cm³/mol. The summed E-state index contributed by atoms with van der Waals surface area (Å²) in [6, 6.07) is 5.16. The highest BCUT2D eigenvalue weighted by Crippen LogP contribution is 2.12. The lowest BCUT2D eigenvalue weighted by Gasteiger charge is -2.11. The minimum Gasteiger partial charge on any atom is -0.467 e. The highest BCUT2D eigenvalue weighted by molar-refractivity contribution is 5.92. The molecule has 0 saturated carbocycles. The van der Waals surface area contributed by atoms with Crippen LogP contribution in [0.5, 0.6) is 0 Å². The van der Waals surface area contributed by atoms with Crippen LogP contribution in [-0.4, -0.2) is 35.1 Å². The van der Waals surface area contributed by atoms with E-state index in [2.05, 4.69) is 20.6 Å². The Morgan fingerprint density at radius 1 is 1.41 bits per heavy atom. The van der Waals surface area contributed by atoms with Crippen LogP contribution in [0.25, 0.3) is 0 Å². The van der Waals surface area contributed by atoms with Crippen molar-refractivity contribution in [2.24, 2.45) is 0 Å². The van der Waals surface area contributed by atoms with Crippen molar-refractivity contribution in [3.8, 4) is 0 Å². The van der Waals surface area contributed by atoms with Gasteiger partial charge in [-0.25, -0.2) is 9.97 Å². The molecule has 22 heavy (non-hydrogen) atoms. The van der Waals surface area contributed by atoms with Gasteiger partial charge in [-0.1, -0.05) is 0 Å². The number of anilines is 1. The molecule has 3 heterocycles. The van der Waals surface area contributed by atoms with Crippen molar-refractivity contribution in [3.05, 3.63) is 42.1 Å². The Bertz CT molecular complexity index is 609. The van der Waals surface area contributed by atoms with Crippen molar-refractivity contribution in [2.75, 3.05) is 18.5 Å². The molecule has 1 atom stereocenters. The Labute approximate surface area is 128 Å². The summed E-state index contributed by atoms with van der Waals surface area (Å²) in [6.45, 7) is 1.79. The lowest BCUT2D eigenvalue weighted by molar-refractivity contribution is 0.0943. The predicted octanol–water partition coefficient (Wildman–Crippen LogP) is 1.59. The fourth-order valence-corrected chi connectivity index (χ4v) is 2.25. The molecule has 0 aliphatic carbocycles. The molecular formula is C15H18N4O3. The van der Waals surface area contributed by atoms with Crippen LogP contribution in [0.1, 0.15) is 29.1 Å². The smallest absolute Gasteiger partial charge is 0.270 e. The van der Waals surface area contributed by atoms with Gasteiger partial charge < -0.3 is 19.8 Å². The first-order chi connectivity index (χ1) is 10.8. The van der Waals surface area contributed by atoms with Crippen LogP contribution in [-0.2, 0) is 11.3 Å². The van der Waals surface area contributed by atoms with Crippen molar-refractivity contribution < 1.29 is 13.9 Å². The number of aromatic nitrogens is 2. The topological polar surface area (TPSA) is 89.3 Å². The molecule has 2 aromatic heterocycles. The maximum atomic E-state index is 12.1.